The first kappa shape index (κ1) is 18.4. The Morgan fingerprint density at radius 3 is 2.30 bits per heavy atom. The van der Waals surface area contributed by atoms with Gasteiger partial charge >= 0.3 is 0 Å². The molecule has 140 valence electrons. The van der Waals surface area contributed by atoms with Crippen LogP contribution >= 0.6 is 0 Å². The summed E-state index contributed by atoms with van der Waals surface area (Å²) in [4.78, 5) is 13.0. The third kappa shape index (κ3) is 5.07. The lowest BCUT2D eigenvalue weighted by Crippen LogP contribution is -2.08. The standard InChI is InChI=1S/C20H23N5O2/c1-14-10-19(22-12-15-6-8-21-9-7-15)25-20(24-14)23-13-16-4-5-17(26-2)18(11-16)27-3/h4-11H,12-13H2,1-3H3,(H2,22,23,24,25). The molecule has 2 heterocycles. The van der Waals surface area contributed by atoms with Crippen LogP contribution in [0.2, 0.25) is 0 Å². The second kappa shape index (κ2) is 8.84. The number of rotatable bonds is 8. The molecule has 0 aliphatic carbocycles. The molecule has 0 aliphatic rings. The van der Waals surface area contributed by atoms with E-state index in [1.807, 2.05) is 43.3 Å². The van der Waals surface area contributed by atoms with E-state index in [0.29, 0.717) is 30.5 Å². The highest BCUT2D eigenvalue weighted by Gasteiger charge is 2.06. The fourth-order valence-corrected chi connectivity index (χ4v) is 2.60. The second-order valence-corrected chi connectivity index (χ2v) is 5.97. The van der Waals surface area contributed by atoms with Gasteiger partial charge in [-0.1, -0.05) is 6.07 Å². The van der Waals surface area contributed by atoms with Gasteiger partial charge in [-0.3, -0.25) is 4.98 Å². The second-order valence-electron chi connectivity index (χ2n) is 5.97. The molecule has 27 heavy (non-hydrogen) atoms. The molecule has 0 spiro atoms. The Balaban J connectivity index is 1.65. The maximum absolute atomic E-state index is 5.34. The number of nitrogens with zero attached hydrogens (tertiary/aromatic N) is 3. The molecule has 3 rings (SSSR count). The summed E-state index contributed by atoms with van der Waals surface area (Å²) in [6, 6.07) is 11.7. The van der Waals surface area contributed by atoms with Crippen molar-refractivity contribution in [1.82, 2.24) is 15.0 Å². The first-order valence-electron chi connectivity index (χ1n) is 8.61. The number of aromatic nitrogens is 3. The molecule has 1 aromatic carbocycles. The van der Waals surface area contributed by atoms with Crippen LogP contribution in [0, 0.1) is 6.92 Å². The van der Waals surface area contributed by atoms with E-state index in [4.69, 9.17) is 9.47 Å². The molecule has 0 amide bonds. The Labute approximate surface area is 158 Å². The molecule has 0 fully saturated rings. The van der Waals surface area contributed by atoms with Crippen LogP contribution in [0.25, 0.3) is 0 Å². The summed E-state index contributed by atoms with van der Waals surface area (Å²) in [6.07, 6.45) is 3.55. The molecule has 0 radical (unpaired) electrons. The van der Waals surface area contributed by atoms with E-state index >= 15 is 0 Å². The van der Waals surface area contributed by atoms with Gasteiger partial charge in [0.2, 0.25) is 5.95 Å². The van der Waals surface area contributed by atoms with Gasteiger partial charge in [-0.05, 0) is 42.3 Å². The van der Waals surface area contributed by atoms with Crippen molar-refractivity contribution >= 4 is 11.8 Å². The summed E-state index contributed by atoms with van der Waals surface area (Å²) in [5.74, 6) is 2.74. The highest BCUT2D eigenvalue weighted by molar-refractivity contribution is 5.45. The summed E-state index contributed by atoms with van der Waals surface area (Å²) in [5.41, 5.74) is 3.07. The van der Waals surface area contributed by atoms with Gasteiger partial charge in [0.25, 0.3) is 0 Å². The first-order valence-corrected chi connectivity index (χ1v) is 8.61. The van der Waals surface area contributed by atoms with Crippen molar-refractivity contribution in [1.29, 1.82) is 0 Å². The van der Waals surface area contributed by atoms with Gasteiger partial charge in [0, 0.05) is 37.2 Å². The highest BCUT2D eigenvalue weighted by atomic mass is 16.5. The first-order chi connectivity index (χ1) is 13.2. The highest BCUT2D eigenvalue weighted by Crippen LogP contribution is 2.27. The zero-order valence-corrected chi connectivity index (χ0v) is 15.7. The molecule has 0 saturated carbocycles. The average molecular weight is 365 g/mol. The third-order valence-corrected chi connectivity index (χ3v) is 3.98. The lowest BCUT2D eigenvalue weighted by Gasteiger charge is -2.12. The van der Waals surface area contributed by atoms with Crippen molar-refractivity contribution in [3.05, 3.63) is 65.6 Å². The molecule has 0 aliphatic heterocycles. The molecule has 0 atom stereocenters. The van der Waals surface area contributed by atoms with Crippen LogP contribution in [0.5, 0.6) is 11.5 Å². The molecular weight excluding hydrogens is 342 g/mol. The number of anilines is 2. The normalized spacial score (nSPS) is 10.3. The maximum Gasteiger partial charge on any atom is 0.225 e. The quantitative estimate of drug-likeness (QED) is 0.633. The van der Waals surface area contributed by atoms with E-state index in [-0.39, 0.29) is 0 Å². The number of hydrogen-bond donors (Lipinski definition) is 2. The van der Waals surface area contributed by atoms with Crippen molar-refractivity contribution < 1.29 is 9.47 Å². The smallest absolute Gasteiger partial charge is 0.225 e. The van der Waals surface area contributed by atoms with Crippen molar-refractivity contribution in [2.24, 2.45) is 0 Å². The van der Waals surface area contributed by atoms with Crippen molar-refractivity contribution in [3.63, 3.8) is 0 Å². The number of ether oxygens (including phenoxy) is 2. The number of aryl methyl sites for hydroxylation is 1. The zero-order chi connectivity index (χ0) is 19.1. The minimum atomic E-state index is 0.571. The summed E-state index contributed by atoms with van der Waals surface area (Å²) in [5, 5.41) is 6.58. The Morgan fingerprint density at radius 2 is 1.56 bits per heavy atom. The predicted molar refractivity (Wildman–Crippen MR) is 105 cm³/mol. The van der Waals surface area contributed by atoms with Gasteiger partial charge < -0.3 is 20.1 Å². The minimum absolute atomic E-state index is 0.571. The Bertz CT molecular complexity index is 887. The molecule has 7 nitrogen and oxygen atoms in total. The number of pyridine rings is 1. The van der Waals surface area contributed by atoms with Crippen LogP contribution in [0.15, 0.2) is 48.8 Å². The van der Waals surface area contributed by atoms with Gasteiger partial charge in [-0.15, -0.1) is 0 Å². The summed E-state index contributed by atoms with van der Waals surface area (Å²) in [7, 11) is 3.25. The molecule has 2 aromatic heterocycles. The number of methoxy groups -OCH3 is 2. The summed E-state index contributed by atoms with van der Waals surface area (Å²) >= 11 is 0. The number of benzene rings is 1. The molecule has 3 aromatic rings. The number of nitrogens with one attached hydrogen (secondary N) is 2. The molecular formula is C20H23N5O2. The molecule has 0 bridgehead atoms. The largest absolute Gasteiger partial charge is 0.493 e. The topological polar surface area (TPSA) is 81.2 Å². The average Bonchev–Trinajstić information content (AvgIpc) is 2.71. The fourth-order valence-electron chi connectivity index (χ4n) is 2.60. The molecule has 0 saturated heterocycles. The van der Waals surface area contributed by atoms with E-state index in [2.05, 4.69) is 25.6 Å². The lowest BCUT2D eigenvalue weighted by atomic mass is 10.2. The van der Waals surface area contributed by atoms with Crippen LogP contribution in [0.3, 0.4) is 0 Å². The van der Waals surface area contributed by atoms with Gasteiger partial charge in [-0.2, -0.15) is 4.98 Å². The van der Waals surface area contributed by atoms with Gasteiger partial charge in [0.15, 0.2) is 11.5 Å². The zero-order valence-electron chi connectivity index (χ0n) is 15.7. The van der Waals surface area contributed by atoms with E-state index in [1.54, 1.807) is 26.6 Å². The Morgan fingerprint density at radius 1 is 0.815 bits per heavy atom. The van der Waals surface area contributed by atoms with Crippen LogP contribution in [-0.4, -0.2) is 29.2 Å². The van der Waals surface area contributed by atoms with E-state index in [1.165, 1.54) is 0 Å². The molecule has 2 N–H and O–H groups in total. The Kier molecular flexibility index (Phi) is 6.04. The van der Waals surface area contributed by atoms with Crippen LogP contribution in [-0.2, 0) is 13.1 Å². The predicted octanol–water partition coefficient (Wildman–Crippen LogP) is 3.42. The number of hydrogen-bond acceptors (Lipinski definition) is 7. The molecule has 7 heteroatoms. The Hall–Kier alpha value is -3.35. The maximum atomic E-state index is 5.34. The monoisotopic (exact) mass is 365 g/mol. The molecule has 0 unspecified atom stereocenters. The van der Waals surface area contributed by atoms with Crippen molar-refractivity contribution in [2.45, 2.75) is 20.0 Å². The third-order valence-electron chi connectivity index (χ3n) is 3.98. The summed E-state index contributed by atoms with van der Waals surface area (Å²) < 4.78 is 10.6. The van der Waals surface area contributed by atoms with E-state index in [0.717, 1.165) is 22.6 Å². The minimum Gasteiger partial charge on any atom is -0.493 e. The summed E-state index contributed by atoms with van der Waals surface area (Å²) in [6.45, 7) is 3.20. The van der Waals surface area contributed by atoms with Crippen molar-refractivity contribution in [3.8, 4) is 11.5 Å². The fraction of sp³-hybridized carbons (Fsp3) is 0.250. The van der Waals surface area contributed by atoms with Crippen LogP contribution in [0.4, 0.5) is 11.8 Å². The van der Waals surface area contributed by atoms with E-state index in [9.17, 15) is 0 Å². The van der Waals surface area contributed by atoms with Gasteiger partial charge in [0.1, 0.15) is 5.82 Å². The van der Waals surface area contributed by atoms with Crippen molar-refractivity contribution in [2.75, 3.05) is 24.9 Å². The van der Waals surface area contributed by atoms with Crippen LogP contribution in [0.1, 0.15) is 16.8 Å². The van der Waals surface area contributed by atoms with Gasteiger partial charge in [0.05, 0.1) is 14.2 Å². The van der Waals surface area contributed by atoms with E-state index < -0.39 is 0 Å². The SMILES string of the molecule is COc1ccc(CNc2nc(C)cc(NCc3ccncc3)n2)cc1OC. The van der Waals surface area contributed by atoms with Gasteiger partial charge in [-0.25, -0.2) is 4.98 Å². The lowest BCUT2D eigenvalue weighted by molar-refractivity contribution is 0.354. The van der Waals surface area contributed by atoms with Crippen LogP contribution < -0.4 is 20.1 Å².